The van der Waals surface area contributed by atoms with Crippen LogP contribution < -0.4 is 4.74 Å². The number of carbonyl (C=O) groups excluding carboxylic acids is 1. The Bertz CT molecular complexity index is 649. The van der Waals surface area contributed by atoms with Crippen LogP contribution in [0.4, 0.5) is 4.79 Å². The maximum absolute atomic E-state index is 11.9. The Labute approximate surface area is 174 Å². The van der Waals surface area contributed by atoms with Gasteiger partial charge < -0.3 is 19.5 Å². The van der Waals surface area contributed by atoms with E-state index in [4.69, 9.17) is 9.47 Å². The minimum atomic E-state index is -0.188. The number of aliphatic hydroxyl groups excluding tert-OH is 1. The molecule has 1 unspecified atom stereocenters. The second-order valence-electron chi connectivity index (χ2n) is 7.90. The van der Waals surface area contributed by atoms with E-state index in [1.54, 1.807) is 7.11 Å². The standard InChI is InChI=1S/C22H35N3O4/c1-3-29-22(27)23-10-7-19(8-11-23)25-13-12-24(20(17-25)9-14-26)16-18-5-4-6-21(15-18)28-2/h4-6,15,19-20,26H,3,7-14,16-17H2,1-2H3. The summed E-state index contributed by atoms with van der Waals surface area (Å²) >= 11 is 0. The summed E-state index contributed by atoms with van der Waals surface area (Å²) in [5, 5.41) is 9.60. The molecule has 2 heterocycles. The predicted octanol–water partition coefficient (Wildman–Crippen LogP) is 2.18. The SMILES string of the molecule is CCOC(=O)N1CCC(N2CCN(Cc3cccc(OC)c3)C(CCO)C2)CC1. The van der Waals surface area contributed by atoms with Crippen LogP contribution in [0, 0.1) is 0 Å². The topological polar surface area (TPSA) is 65.5 Å². The molecule has 29 heavy (non-hydrogen) atoms. The quantitative estimate of drug-likeness (QED) is 0.750. The predicted molar refractivity (Wildman–Crippen MR) is 112 cm³/mol. The number of likely N-dealkylation sites (tertiary alicyclic amines) is 1. The molecule has 0 spiro atoms. The average Bonchev–Trinajstić information content (AvgIpc) is 2.75. The van der Waals surface area contributed by atoms with Gasteiger partial charge in [0.15, 0.2) is 0 Å². The molecule has 0 saturated carbocycles. The van der Waals surface area contributed by atoms with Gasteiger partial charge in [-0.25, -0.2) is 4.79 Å². The Hall–Kier alpha value is -1.83. The van der Waals surface area contributed by atoms with Crippen molar-refractivity contribution in [2.24, 2.45) is 0 Å². The average molecular weight is 406 g/mol. The van der Waals surface area contributed by atoms with Gasteiger partial charge in [-0.3, -0.25) is 9.80 Å². The summed E-state index contributed by atoms with van der Waals surface area (Å²) in [6, 6.07) is 9.06. The molecular weight excluding hydrogens is 370 g/mol. The molecule has 0 aliphatic carbocycles. The summed E-state index contributed by atoms with van der Waals surface area (Å²) in [5.41, 5.74) is 1.24. The van der Waals surface area contributed by atoms with E-state index in [1.807, 2.05) is 24.0 Å². The molecule has 2 fully saturated rings. The van der Waals surface area contributed by atoms with Crippen LogP contribution in [0.2, 0.25) is 0 Å². The number of hydrogen-bond acceptors (Lipinski definition) is 6. The second-order valence-corrected chi connectivity index (χ2v) is 7.90. The van der Waals surface area contributed by atoms with Crippen molar-refractivity contribution < 1.29 is 19.4 Å². The van der Waals surface area contributed by atoms with Crippen LogP contribution in [0.3, 0.4) is 0 Å². The summed E-state index contributed by atoms with van der Waals surface area (Å²) in [6.07, 6.45) is 2.57. The van der Waals surface area contributed by atoms with Crippen LogP contribution in [0.1, 0.15) is 31.7 Å². The first-order chi connectivity index (χ1) is 14.1. The van der Waals surface area contributed by atoms with Gasteiger partial charge in [0.1, 0.15) is 5.75 Å². The first-order valence-electron chi connectivity index (χ1n) is 10.8. The molecule has 1 atom stereocenters. The number of hydrogen-bond donors (Lipinski definition) is 1. The minimum absolute atomic E-state index is 0.188. The normalized spacial score (nSPS) is 21.9. The van der Waals surface area contributed by atoms with E-state index in [2.05, 4.69) is 21.9 Å². The van der Waals surface area contributed by atoms with E-state index >= 15 is 0 Å². The fourth-order valence-electron chi connectivity index (χ4n) is 4.51. The van der Waals surface area contributed by atoms with Crippen LogP contribution in [0.15, 0.2) is 24.3 Å². The zero-order valence-electron chi connectivity index (χ0n) is 17.8. The number of aliphatic hydroxyl groups is 1. The molecule has 162 valence electrons. The van der Waals surface area contributed by atoms with Crippen molar-refractivity contribution in [1.82, 2.24) is 14.7 Å². The van der Waals surface area contributed by atoms with Crippen LogP contribution >= 0.6 is 0 Å². The summed E-state index contributed by atoms with van der Waals surface area (Å²) in [7, 11) is 1.69. The van der Waals surface area contributed by atoms with Crippen molar-refractivity contribution in [2.75, 3.05) is 53.0 Å². The number of ether oxygens (including phenoxy) is 2. The van der Waals surface area contributed by atoms with Crippen LogP contribution in [-0.4, -0.2) is 91.0 Å². The number of methoxy groups -OCH3 is 1. The zero-order valence-corrected chi connectivity index (χ0v) is 17.8. The van der Waals surface area contributed by atoms with Gasteiger partial charge in [-0.2, -0.15) is 0 Å². The lowest BCUT2D eigenvalue weighted by atomic mass is 9.99. The number of benzene rings is 1. The fraction of sp³-hybridized carbons (Fsp3) is 0.682. The third-order valence-corrected chi connectivity index (χ3v) is 6.13. The molecule has 7 heteroatoms. The minimum Gasteiger partial charge on any atom is -0.497 e. The van der Waals surface area contributed by atoms with Gasteiger partial charge in [0.2, 0.25) is 0 Å². The lowest BCUT2D eigenvalue weighted by Gasteiger charge is -2.46. The van der Waals surface area contributed by atoms with E-state index in [9.17, 15) is 9.90 Å². The Balaban J connectivity index is 1.55. The molecular formula is C22H35N3O4. The molecule has 1 N–H and O–H groups in total. The van der Waals surface area contributed by atoms with E-state index in [1.165, 1.54) is 5.56 Å². The summed E-state index contributed by atoms with van der Waals surface area (Å²) in [5.74, 6) is 0.883. The van der Waals surface area contributed by atoms with Gasteiger partial charge in [0, 0.05) is 58.0 Å². The highest BCUT2D eigenvalue weighted by Crippen LogP contribution is 2.24. The summed E-state index contributed by atoms with van der Waals surface area (Å²) in [4.78, 5) is 18.8. The Morgan fingerprint density at radius 1 is 1.21 bits per heavy atom. The van der Waals surface area contributed by atoms with Crippen molar-refractivity contribution in [2.45, 2.75) is 44.8 Å². The Morgan fingerprint density at radius 2 is 2.00 bits per heavy atom. The zero-order chi connectivity index (χ0) is 20.6. The van der Waals surface area contributed by atoms with Crippen molar-refractivity contribution in [3.8, 4) is 5.75 Å². The molecule has 2 aliphatic rings. The van der Waals surface area contributed by atoms with Crippen LogP contribution in [0.5, 0.6) is 5.75 Å². The fourth-order valence-corrected chi connectivity index (χ4v) is 4.51. The highest BCUT2D eigenvalue weighted by molar-refractivity contribution is 5.67. The molecule has 0 bridgehead atoms. The van der Waals surface area contributed by atoms with Gasteiger partial charge in [-0.05, 0) is 43.9 Å². The van der Waals surface area contributed by atoms with Crippen molar-refractivity contribution in [3.05, 3.63) is 29.8 Å². The van der Waals surface area contributed by atoms with Gasteiger partial charge in [-0.1, -0.05) is 12.1 Å². The second kappa shape index (κ2) is 10.8. The lowest BCUT2D eigenvalue weighted by Crippen LogP contribution is -2.57. The lowest BCUT2D eigenvalue weighted by molar-refractivity contribution is 0.0121. The van der Waals surface area contributed by atoms with Gasteiger partial charge in [0.05, 0.1) is 13.7 Å². The highest BCUT2D eigenvalue weighted by Gasteiger charge is 2.33. The first-order valence-corrected chi connectivity index (χ1v) is 10.8. The van der Waals surface area contributed by atoms with Gasteiger partial charge >= 0.3 is 6.09 Å². The van der Waals surface area contributed by atoms with Crippen molar-refractivity contribution in [1.29, 1.82) is 0 Å². The molecule has 0 aromatic heterocycles. The number of piperazine rings is 1. The van der Waals surface area contributed by atoms with E-state index in [0.717, 1.165) is 64.3 Å². The monoisotopic (exact) mass is 405 g/mol. The van der Waals surface area contributed by atoms with E-state index < -0.39 is 0 Å². The van der Waals surface area contributed by atoms with Crippen molar-refractivity contribution in [3.63, 3.8) is 0 Å². The molecule has 1 amide bonds. The molecule has 7 nitrogen and oxygen atoms in total. The van der Waals surface area contributed by atoms with Crippen LogP contribution in [0.25, 0.3) is 0 Å². The maximum Gasteiger partial charge on any atom is 0.409 e. The summed E-state index contributed by atoms with van der Waals surface area (Å²) in [6.45, 7) is 7.85. The molecule has 2 aliphatic heterocycles. The van der Waals surface area contributed by atoms with Crippen molar-refractivity contribution >= 4 is 6.09 Å². The Kier molecular flexibility index (Phi) is 8.15. The number of amides is 1. The van der Waals surface area contributed by atoms with Gasteiger partial charge in [-0.15, -0.1) is 0 Å². The Morgan fingerprint density at radius 3 is 2.69 bits per heavy atom. The molecule has 1 aromatic carbocycles. The molecule has 2 saturated heterocycles. The third-order valence-electron chi connectivity index (χ3n) is 6.13. The number of rotatable bonds is 7. The maximum atomic E-state index is 11.9. The summed E-state index contributed by atoms with van der Waals surface area (Å²) < 4.78 is 10.5. The van der Waals surface area contributed by atoms with E-state index in [-0.39, 0.29) is 12.7 Å². The molecule has 3 rings (SSSR count). The number of piperidine rings is 1. The third kappa shape index (κ3) is 5.84. The number of carbonyl (C=O) groups is 1. The molecule has 0 radical (unpaired) electrons. The highest BCUT2D eigenvalue weighted by atomic mass is 16.6. The van der Waals surface area contributed by atoms with E-state index in [0.29, 0.717) is 18.7 Å². The molecule has 1 aromatic rings. The number of nitrogens with zero attached hydrogens (tertiary/aromatic N) is 3. The first kappa shape index (κ1) is 21.9. The van der Waals surface area contributed by atoms with Crippen LogP contribution in [-0.2, 0) is 11.3 Å². The van der Waals surface area contributed by atoms with Gasteiger partial charge in [0.25, 0.3) is 0 Å². The smallest absolute Gasteiger partial charge is 0.409 e. The largest absolute Gasteiger partial charge is 0.497 e.